The van der Waals surface area contributed by atoms with Crippen LogP contribution in [-0.4, -0.2) is 40.6 Å². The molecule has 0 unspecified atom stereocenters. The summed E-state index contributed by atoms with van der Waals surface area (Å²) in [6, 6.07) is 10.0. The number of hydrogen-bond acceptors (Lipinski definition) is 7. The molecule has 0 bridgehead atoms. The maximum atomic E-state index is 13.7. The Hall–Kier alpha value is -4.01. The summed E-state index contributed by atoms with van der Waals surface area (Å²) in [5.41, 5.74) is 1.53. The topological polar surface area (TPSA) is 110 Å². The number of amides is 2. The number of hydrogen-bond donors (Lipinski definition) is 0. The average Bonchev–Trinajstić information content (AvgIpc) is 3.26. The lowest BCUT2D eigenvalue weighted by Crippen LogP contribution is -2.43. The molecule has 3 aliphatic rings. The number of carbonyl (C=O) groups is 3. The number of nitro benzene ring substituents is 1. The van der Waals surface area contributed by atoms with E-state index in [9.17, 15) is 24.5 Å². The number of ether oxygens (including phenoxy) is 1. The number of carbonyl (C=O) groups excluding carboxylic acids is 3. The minimum atomic E-state index is -0.898. The predicted octanol–water partition coefficient (Wildman–Crippen LogP) is 2.71. The van der Waals surface area contributed by atoms with E-state index in [1.54, 1.807) is 11.1 Å². The maximum Gasteiger partial charge on any atom is 0.271 e. The van der Waals surface area contributed by atoms with Gasteiger partial charge in [-0.25, -0.2) is 4.90 Å². The molecule has 2 amide bonds. The first-order valence-corrected chi connectivity index (χ1v) is 10.1. The van der Waals surface area contributed by atoms with E-state index in [1.807, 2.05) is 30.3 Å². The third-order valence-electron chi connectivity index (χ3n) is 6.49. The fraction of sp³-hybridized carbons (Fsp3) is 0.261. The van der Waals surface area contributed by atoms with Crippen molar-refractivity contribution >= 4 is 35.0 Å². The van der Waals surface area contributed by atoms with Gasteiger partial charge in [0.05, 0.1) is 36.0 Å². The lowest BCUT2D eigenvalue weighted by atomic mass is 9.84. The molecule has 4 atom stereocenters. The number of nitro groups is 1. The summed E-state index contributed by atoms with van der Waals surface area (Å²) < 4.78 is 5.29. The predicted molar refractivity (Wildman–Crippen MR) is 114 cm³/mol. The van der Waals surface area contributed by atoms with Crippen LogP contribution in [0.1, 0.15) is 24.1 Å². The molecule has 3 heterocycles. The molecule has 2 aromatic carbocycles. The van der Waals surface area contributed by atoms with Crippen LogP contribution in [0.5, 0.6) is 5.75 Å². The Morgan fingerprint density at radius 1 is 1.09 bits per heavy atom. The van der Waals surface area contributed by atoms with Gasteiger partial charge in [-0.05, 0) is 30.2 Å². The van der Waals surface area contributed by atoms with Crippen LogP contribution in [0, 0.1) is 22.0 Å². The number of Topliss-reactive ketones (excluding diaryl/α,β-unsaturated/α-hetero) is 1. The maximum absolute atomic E-state index is 13.7. The first-order chi connectivity index (χ1) is 15.3. The van der Waals surface area contributed by atoms with E-state index < -0.39 is 40.7 Å². The van der Waals surface area contributed by atoms with Crippen molar-refractivity contribution in [1.29, 1.82) is 0 Å². The lowest BCUT2D eigenvalue weighted by molar-refractivity contribution is -0.384. The van der Waals surface area contributed by atoms with Gasteiger partial charge in [-0.3, -0.25) is 24.5 Å². The molecule has 9 nitrogen and oxygen atoms in total. The molecule has 2 fully saturated rings. The van der Waals surface area contributed by atoms with E-state index >= 15 is 0 Å². The smallest absolute Gasteiger partial charge is 0.271 e. The summed E-state index contributed by atoms with van der Waals surface area (Å²) in [7, 11) is 1.36. The van der Waals surface area contributed by atoms with E-state index in [-0.39, 0.29) is 22.9 Å². The second-order valence-corrected chi connectivity index (χ2v) is 8.07. The van der Waals surface area contributed by atoms with Crippen LogP contribution in [0.15, 0.2) is 48.7 Å². The molecule has 2 saturated heterocycles. The van der Waals surface area contributed by atoms with Gasteiger partial charge >= 0.3 is 0 Å². The van der Waals surface area contributed by atoms with Crippen molar-refractivity contribution < 1.29 is 24.0 Å². The summed E-state index contributed by atoms with van der Waals surface area (Å²) >= 11 is 0. The molecule has 2 aromatic rings. The van der Waals surface area contributed by atoms with Crippen molar-refractivity contribution in [2.45, 2.75) is 19.0 Å². The largest absolute Gasteiger partial charge is 0.495 e. The van der Waals surface area contributed by atoms with Crippen LogP contribution >= 0.6 is 0 Å². The molecule has 5 rings (SSSR count). The van der Waals surface area contributed by atoms with Crippen LogP contribution in [0.2, 0.25) is 0 Å². The highest BCUT2D eigenvalue weighted by atomic mass is 16.6. The molecular weight excluding hydrogens is 414 g/mol. The Labute approximate surface area is 183 Å². The molecule has 0 N–H and O–H groups in total. The van der Waals surface area contributed by atoms with Crippen molar-refractivity contribution in [3.05, 3.63) is 69.9 Å². The Kier molecular flexibility index (Phi) is 4.37. The monoisotopic (exact) mass is 433 g/mol. The number of imide groups is 1. The van der Waals surface area contributed by atoms with E-state index in [0.717, 1.165) is 22.1 Å². The van der Waals surface area contributed by atoms with Gasteiger partial charge in [-0.15, -0.1) is 0 Å². The van der Waals surface area contributed by atoms with Gasteiger partial charge in [0.25, 0.3) is 5.69 Å². The summed E-state index contributed by atoms with van der Waals surface area (Å²) in [5.74, 6) is -2.81. The Balaban J connectivity index is 1.66. The quantitative estimate of drug-likeness (QED) is 0.414. The van der Waals surface area contributed by atoms with E-state index in [2.05, 4.69) is 0 Å². The molecule has 3 aliphatic heterocycles. The van der Waals surface area contributed by atoms with Gasteiger partial charge in [-0.2, -0.15) is 0 Å². The normalized spacial score (nSPS) is 25.4. The minimum Gasteiger partial charge on any atom is -0.495 e. The summed E-state index contributed by atoms with van der Waals surface area (Å²) in [4.78, 5) is 53.4. The fourth-order valence-corrected chi connectivity index (χ4v) is 5.23. The third kappa shape index (κ3) is 2.60. The number of non-ortho nitro benzene ring substituents is 1. The van der Waals surface area contributed by atoms with E-state index in [1.165, 1.54) is 26.2 Å². The standard InChI is InChI=1S/C23H19N3O6/c1-12(27)20-18-19(21-15-6-4-3-5-13(15)9-10-24(20)21)23(29)25(22(18)28)16-11-14(26(30)31)7-8-17(16)32-2/h3-11,18-21H,1-2H3/t18-,19-,20+,21+/m0/s1. The Bertz CT molecular complexity index is 1220. The zero-order valence-corrected chi connectivity index (χ0v) is 17.3. The van der Waals surface area contributed by atoms with Crippen molar-refractivity contribution in [3.63, 3.8) is 0 Å². The number of methoxy groups -OCH3 is 1. The number of anilines is 1. The zero-order valence-electron chi connectivity index (χ0n) is 17.3. The lowest BCUT2D eigenvalue weighted by Gasteiger charge is -2.35. The van der Waals surface area contributed by atoms with E-state index in [0.29, 0.717) is 0 Å². The Morgan fingerprint density at radius 3 is 2.50 bits per heavy atom. The first-order valence-electron chi connectivity index (χ1n) is 10.1. The highest BCUT2D eigenvalue weighted by Crippen LogP contribution is 2.54. The molecule has 32 heavy (non-hydrogen) atoms. The van der Waals surface area contributed by atoms with Crippen LogP contribution in [0.3, 0.4) is 0 Å². The molecule has 0 aliphatic carbocycles. The van der Waals surface area contributed by atoms with Gasteiger partial charge in [0.1, 0.15) is 11.4 Å². The van der Waals surface area contributed by atoms with Crippen molar-refractivity contribution in [2.75, 3.05) is 12.0 Å². The SMILES string of the molecule is COc1ccc([N+](=O)[O-])cc1N1C(=O)[C@H]2[C@H](C1=O)[C@H]1c3ccccc3C=CN1[C@@H]2C(C)=O. The van der Waals surface area contributed by atoms with Gasteiger partial charge in [0.2, 0.25) is 11.8 Å². The summed E-state index contributed by atoms with van der Waals surface area (Å²) in [6.45, 7) is 1.41. The number of rotatable bonds is 4. The van der Waals surface area contributed by atoms with Crippen LogP contribution < -0.4 is 9.64 Å². The highest BCUT2D eigenvalue weighted by molar-refractivity contribution is 6.24. The first kappa shape index (κ1) is 19.9. The molecule has 0 spiro atoms. The van der Waals surface area contributed by atoms with Crippen molar-refractivity contribution in [1.82, 2.24) is 4.90 Å². The number of nitrogens with zero attached hydrogens (tertiary/aromatic N) is 3. The van der Waals surface area contributed by atoms with Gasteiger partial charge in [-0.1, -0.05) is 24.3 Å². The molecule has 0 radical (unpaired) electrons. The minimum absolute atomic E-state index is 0.0135. The second kappa shape index (κ2) is 7.01. The summed E-state index contributed by atoms with van der Waals surface area (Å²) in [5, 5.41) is 11.3. The zero-order chi connectivity index (χ0) is 22.7. The second-order valence-electron chi connectivity index (χ2n) is 8.07. The van der Waals surface area contributed by atoms with Crippen molar-refractivity contribution in [2.24, 2.45) is 11.8 Å². The average molecular weight is 433 g/mol. The summed E-state index contributed by atoms with van der Waals surface area (Å²) in [6.07, 6.45) is 3.65. The van der Waals surface area contributed by atoms with Gasteiger partial charge in [0.15, 0.2) is 5.78 Å². The molecule has 0 aromatic heterocycles. The number of fused-ring (bicyclic) bond motifs is 5. The fourth-order valence-electron chi connectivity index (χ4n) is 5.23. The van der Waals surface area contributed by atoms with Crippen LogP contribution in [0.4, 0.5) is 11.4 Å². The molecule has 0 saturated carbocycles. The number of benzene rings is 2. The van der Waals surface area contributed by atoms with Gasteiger partial charge in [0, 0.05) is 18.3 Å². The highest BCUT2D eigenvalue weighted by Gasteiger charge is 2.64. The Morgan fingerprint density at radius 2 is 1.81 bits per heavy atom. The third-order valence-corrected chi connectivity index (χ3v) is 6.49. The van der Waals surface area contributed by atoms with Crippen LogP contribution in [0.25, 0.3) is 6.08 Å². The molecular formula is C23H19N3O6. The van der Waals surface area contributed by atoms with E-state index in [4.69, 9.17) is 4.74 Å². The molecule has 162 valence electrons. The van der Waals surface area contributed by atoms with Gasteiger partial charge < -0.3 is 9.64 Å². The van der Waals surface area contributed by atoms with Crippen LogP contribution in [-0.2, 0) is 14.4 Å². The number of ketones is 1. The van der Waals surface area contributed by atoms with Crippen molar-refractivity contribution in [3.8, 4) is 5.75 Å². The molecule has 9 heteroatoms.